The molecule has 4 rings (SSSR count). The van der Waals surface area contributed by atoms with E-state index in [2.05, 4.69) is 11.8 Å². The van der Waals surface area contributed by atoms with Crippen LogP contribution in [-0.2, 0) is 14.3 Å². The van der Waals surface area contributed by atoms with Crippen LogP contribution in [0.3, 0.4) is 0 Å². The van der Waals surface area contributed by atoms with Crippen molar-refractivity contribution in [3.05, 3.63) is 58.7 Å². The Hall–Kier alpha value is -3.56. The minimum absolute atomic E-state index is 0.0614. The monoisotopic (exact) mass is 552 g/mol. The van der Waals surface area contributed by atoms with Gasteiger partial charge in [0, 0.05) is 31.7 Å². The van der Waals surface area contributed by atoms with Gasteiger partial charge in [-0.25, -0.2) is 0 Å². The topological polar surface area (TPSA) is 97.8 Å². The number of carbonyl (C=O) groups is 2. The number of Topliss-reactive ketones (excluding diaryl/α,β-unsaturated/α-hetero) is 1. The second-order valence-corrected chi connectivity index (χ2v) is 10.1. The van der Waals surface area contributed by atoms with Gasteiger partial charge in [-0.1, -0.05) is 19.4 Å². The first-order chi connectivity index (χ1) is 19.4. The molecular formula is C31H40N2O7. The van der Waals surface area contributed by atoms with Crippen molar-refractivity contribution < 1.29 is 33.6 Å². The number of nitrogens with zero attached hydrogens (tertiary/aromatic N) is 2. The minimum Gasteiger partial charge on any atom is -0.507 e. The van der Waals surface area contributed by atoms with E-state index in [1.54, 1.807) is 49.5 Å². The SMILES string of the molecule is CCCCOc1ccc(C2C(=C(O)c3ccc(OC)cc3C)C(=O)C(=O)N2CCCN2CCOCC2)cc1OC. The number of unbranched alkanes of at least 4 members (excludes halogenated alkanes) is 1. The van der Waals surface area contributed by atoms with E-state index in [0.717, 1.165) is 38.0 Å². The van der Waals surface area contributed by atoms with Gasteiger partial charge in [-0.2, -0.15) is 0 Å². The van der Waals surface area contributed by atoms with E-state index < -0.39 is 17.7 Å². The van der Waals surface area contributed by atoms with Gasteiger partial charge in [-0.15, -0.1) is 0 Å². The molecule has 2 aliphatic rings. The fourth-order valence-electron chi connectivity index (χ4n) is 5.22. The molecule has 1 N–H and O–H groups in total. The van der Waals surface area contributed by atoms with Gasteiger partial charge >= 0.3 is 0 Å². The van der Waals surface area contributed by atoms with E-state index in [1.807, 2.05) is 13.0 Å². The highest BCUT2D eigenvalue weighted by Gasteiger charge is 2.46. The minimum atomic E-state index is -0.773. The van der Waals surface area contributed by atoms with E-state index in [1.165, 1.54) is 0 Å². The van der Waals surface area contributed by atoms with Gasteiger partial charge in [0.1, 0.15) is 11.5 Å². The van der Waals surface area contributed by atoms with Crippen molar-refractivity contribution in [1.82, 2.24) is 9.80 Å². The van der Waals surface area contributed by atoms with Crippen LogP contribution < -0.4 is 14.2 Å². The van der Waals surface area contributed by atoms with E-state index in [-0.39, 0.29) is 11.3 Å². The summed E-state index contributed by atoms with van der Waals surface area (Å²) < 4.78 is 22.3. The quantitative estimate of drug-likeness (QED) is 0.180. The first-order valence-electron chi connectivity index (χ1n) is 13.9. The molecular weight excluding hydrogens is 512 g/mol. The summed E-state index contributed by atoms with van der Waals surface area (Å²) in [6, 6.07) is 9.87. The molecule has 0 aliphatic carbocycles. The average molecular weight is 553 g/mol. The van der Waals surface area contributed by atoms with Gasteiger partial charge in [0.15, 0.2) is 11.5 Å². The maximum atomic E-state index is 13.5. The number of ketones is 1. The molecule has 0 radical (unpaired) electrons. The number of aryl methyl sites for hydroxylation is 1. The van der Waals surface area contributed by atoms with E-state index >= 15 is 0 Å². The van der Waals surface area contributed by atoms with Crippen molar-refractivity contribution in [3.63, 3.8) is 0 Å². The standard InChI is InChI=1S/C31H40N2O7/c1-5-6-16-40-25-11-8-22(20-26(25)38-4)28-27(29(34)24-10-9-23(37-3)19-21(24)2)30(35)31(36)33(28)13-7-12-32-14-17-39-18-15-32/h8-11,19-20,28,34H,5-7,12-18H2,1-4H3. The summed E-state index contributed by atoms with van der Waals surface area (Å²) in [5, 5.41) is 11.5. The molecule has 0 bridgehead atoms. The molecule has 9 nitrogen and oxygen atoms in total. The summed E-state index contributed by atoms with van der Waals surface area (Å²) in [5.74, 6) is 0.204. The molecule has 2 fully saturated rings. The molecule has 2 aromatic carbocycles. The van der Waals surface area contributed by atoms with Crippen LogP contribution in [0.15, 0.2) is 42.0 Å². The number of hydrogen-bond acceptors (Lipinski definition) is 8. The Kier molecular flexibility index (Phi) is 10.1. The van der Waals surface area contributed by atoms with Gasteiger partial charge in [0.2, 0.25) is 0 Å². The van der Waals surface area contributed by atoms with Crippen LogP contribution in [0.1, 0.15) is 48.9 Å². The van der Waals surface area contributed by atoms with E-state index in [9.17, 15) is 14.7 Å². The van der Waals surface area contributed by atoms with Crippen LogP contribution in [0.25, 0.3) is 5.76 Å². The molecule has 0 aromatic heterocycles. The van der Waals surface area contributed by atoms with Crippen molar-refractivity contribution >= 4 is 17.4 Å². The number of benzene rings is 2. The second-order valence-electron chi connectivity index (χ2n) is 10.1. The van der Waals surface area contributed by atoms with Gasteiger partial charge in [-0.05, 0) is 61.2 Å². The van der Waals surface area contributed by atoms with Gasteiger partial charge in [0.25, 0.3) is 11.7 Å². The Bertz CT molecular complexity index is 1240. The number of aliphatic hydroxyl groups is 1. The summed E-state index contributed by atoms with van der Waals surface area (Å²) >= 11 is 0. The maximum absolute atomic E-state index is 13.5. The normalized spacial score (nSPS) is 19.2. The van der Waals surface area contributed by atoms with Crippen molar-refractivity contribution in [1.29, 1.82) is 0 Å². The van der Waals surface area contributed by atoms with Crippen LogP contribution in [0.4, 0.5) is 0 Å². The molecule has 2 heterocycles. The van der Waals surface area contributed by atoms with Gasteiger partial charge in [0.05, 0.1) is 45.7 Å². The van der Waals surface area contributed by atoms with Crippen molar-refractivity contribution in [2.45, 2.75) is 39.2 Å². The molecule has 2 aromatic rings. The van der Waals surface area contributed by atoms with Crippen molar-refractivity contribution in [2.75, 3.05) is 60.2 Å². The fourth-order valence-corrected chi connectivity index (χ4v) is 5.22. The predicted octanol–water partition coefficient (Wildman–Crippen LogP) is 4.34. The molecule has 1 amide bonds. The number of carbonyl (C=O) groups excluding carboxylic acids is 2. The lowest BCUT2D eigenvalue weighted by Gasteiger charge is -2.29. The van der Waals surface area contributed by atoms with Crippen LogP contribution in [0.5, 0.6) is 17.2 Å². The smallest absolute Gasteiger partial charge is 0.295 e. The predicted molar refractivity (Wildman–Crippen MR) is 152 cm³/mol. The molecule has 40 heavy (non-hydrogen) atoms. The third-order valence-corrected chi connectivity index (χ3v) is 7.46. The molecule has 216 valence electrons. The molecule has 9 heteroatoms. The number of methoxy groups -OCH3 is 2. The van der Waals surface area contributed by atoms with E-state index in [4.69, 9.17) is 18.9 Å². The zero-order valence-corrected chi connectivity index (χ0v) is 23.9. The summed E-state index contributed by atoms with van der Waals surface area (Å²) in [6.45, 7) is 8.70. The van der Waals surface area contributed by atoms with E-state index in [0.29, 0.717) is 61.2 Å². The summed E-state index contributed by atoms with van der Waals surface area (Å²) in [7, 11) is 3.13. The molecule has 0 spiro atoms. The highest BCUT2D eigenvalue weighted by atomic mass is 16.5. The number of hydrogen-bond donors (Lipinski definition) is 1. The molecule has 2 saturated heterocycles. The molecule has 1 atom stereocenters. The first-order valence-corrected chi connectivity index (χ1v) is 13.9. The Labute approximate surface area is 236 Å². The maximum Gasteiger partial charge on any atom is 0.295 e. The Morgan fingerprint density at radius 2 is 1.77 bits per heavy atom. The second kappa shape index (κ2) is 13.7. The lowest BCUT2D eigenvalue weighted by Crippen LogP contribution is -2.39. The number of morpholine rings is 1. The Morgan fingerprint density at radius 3 is 2.45 bits per heavy atom. The summed E-state index contributed by atoms with van der Waals surface area (Å²) in [5.41, 5.74) is 1.93. The van der Waals surface area contributed by atoms with Crippen LogP contribution in [-0.4, -0.2) is 86.8 Å². The van der Waals surface area contributed by atoms with Crippen LogP contribution >= 0.6 is 0 Å². The van der Waals surface area contributed by atoms with Crippen molar-refractivity contribution in [3.8, 4) is 17.2 Å². The van der Waals surface area contributed by atoms with Crippen molar-refractivity contribution in [2.24, 2.45) is 0 Å². The first kappa shape index (κ1) is 29.4. The lowest BCUT2D eigenvalue weighted by molar-refractivity contribution is -0.140. The van der Waals surface area contributed by atoms with Crippen LogP contribution in [0.2, 0.25) is 0 Å². The zero-order chi connectivity index (χ0) is 28.6. The Balaban J connectivity index is 1.72. The number of amides is 1. The van der Waals surface area contributed by atoms with Crippen LogP contribution in [0, 0.1) is 6.92 Å². The zero-order valence-electron chi connectivity index (χ0n) is 23.9. The third-order valence-electron chi connectivity index (χ3n) is 7.46. The largest absolute Gasteiger partial charge is 0.507 e. The summed E-state index contributed by atoms with van der Waals surface area (Å²) in [6.07, 6.45) is 2.60. The highest BCUT2D eigenvalue weighted by molar-refractivity contribution is 6.46. The number of likely N-dealkylation sites (tertiary alicyclic amines) is 1. The Morgan fingerprint density at radius 1 is 1.00 bits per heavy atom. The molecule has 1 unspecified atom stereocenters. The number of rotatable bonds is 12. The summed E-state index contributed by atoms with van der Waals surface area (Å²) in [4.78, 5) is 30.8. The number of aliphatic hydroxyl groups excluding tert-OH is 1. The lowest BCUT2D eigenvalue weighted by atomic mass is 9.93. The molecule has 2 aliphatic heterocycles. The number of ether oxygens (including phenoxy) is 4. The van der Waals surface area contributed by atoms with Gasteiger partial charge < -0.3 is 29.0 Å². The molecule has 0 saturated carbocycles. The van der Waals surface area contributed by atoms with Gasteiger partial charge in [-0.3, -0.25) is 14.5 Å². The third kappa shape index (κ3) is 6.42. The average Bonchev–Trinajstić information content (AvgIpc) is 3.22. The highest BCUT2D eigenvalue weighted by Crippen LogP contribution is 2.42. The fraction of sp³-hybridized carbons (Fsp3) is 0.484.